The van der Waals surface area contributed by atoms with Gasteiger partial charge in [0.2, 0.25) is 0 Å². The summed E-state index contributed by atoms with van der Waals surface area (Å²) in [6.07, 6.45) is 9.79. The van der Waals surface area contributed by atoms with Crippen LogP contribution in [0.3, 0.4) is 0 Å². The lowest BCUT2D eigenvalue weighted by Gasteiger charge is -2.17. The summed E-state index contributed by atoms with van der Waals surface area (Å²) in [7, 11) is 0. The standard InChI is InChI=1S/C30H20Br4/c31-27-15-21(19-7-3-1-4-8-19)11-13-23(27)25-17-30(34)26(18-29(25)33)24-14-12-22(16-28(24)32)20-9-5-2-6-10-20/h1-9,11-18,20H,10H2. The van der Waals surface area contributed by atoms with Gasteiger partial charge in [-0.25, -0.2) is 0 Å². The zero-order valence-electron chi connectivity index (χ0n) is 18.1. The van der Waals surface area contributed by atoms with Gasteiger partial charge in [-0.3, -0.25) is 0 Å². The molecule has 0 aromatic heterocycles. The number of hydrogen-bond donors (Lipinski definition) is 0. The van der Waals surface area contributed by atoms with Crippen LogP contribution in [-0.2, 0) is 0 Å². The third-order valence-electron chi connectivity index (χ3n) is 6.12. The zero-order valence-corrected chi connectivity index (χ0v) is 24.5. The van der Waals surface area contributed by atoms with Crippen molar-refractivity contribution < 1.29 is 0 Å². The molecule has 0 bridgehead atoms. The van der Waals surface area contributed by atoms with Crippen LogP contribution in [-0.4, -0.2) is 0 Å². The van der Waals surface area contributed by atoms with E-state index in [1.807, 2.05) is 6.07 Å². The summed E-state index contributed by atoms with van der Waals surface area (Å²) in [5.41, 5.74) is 8.31. The minimum absolute atomic E-state index is 0.434. The van der Waals surface area contributed by atoms with Gasteiger partial charge in [-0.05, 0) is 69.6 Å². The Bertz CT molecular complexity index is 1420. The predicted molar refractivity (Wildman–Crippen MR) is 159 cm³/mol. The van der Waals surface area contributed by atoms with Crippen LogP contribution in [0.2, 0.25) is 0 Å². The first-order valence-electron chi connectivity index (χ1n) is 11.0. The normalized spacial score (nSPS) is 15.0. The van der Waals surface area contributed by atoms with E-state index in [1.165, 1.54) is 16.7 Å². The summed E-state index contributed by atoms with van der Waals surface area (Å²) in [6.45, 7) is 0. The van der Waals surface area contributed by atoms with Crippen LogP contribution >= 0.6 is 63.7 Å². The van der Waals surface area contributed by atoms with Crippen LogP contribution in [0.4, 0.5) is 0 Å². The fourth-order valence-electron chi connectivity index (χ4n) is 4.31. The van der Waals surface area contributed by atoms with Crippen molar-refractivity contribution in [2.24, 2.45) is 0 Å². The second-order valence-electron chi connectivity index (χ2n) is 8.27. The molecule has 4 heteroatoms. The van der Waals surface area contributed by atoms with E-state index in [0.717, 1.165) is 46.6 Å². The summed E-state index contributed by atoms with van der Waals surface area (Å²) in [6, 6.07) is 28.1. The van der Waals surface area contributed by atoms with Crippen molar-refractivity contribution in [3.8, 4) is 33.4 Å². The molecular formula is C30H20Br4. The van der Waals surface area contributed by atoms with Gasteiger partial charge in [0, 0.05) is 23.8 Å². The molecule has 5 rings (SSSR count). The van der Waals surface area contributed by atoms with Crippen LogP contribution in [0.15, 0.2) is 121 Å². The monoisotopic (exact) mass is 696 g/mol. The number of rotatable bonds is 4. The lowest BCUT2D eigenvalue weighted by atomic mass is 9.91. The first-order valence-corrected chi connectivity index (χ1v) is 14.2. The smallest absolute Gasteiger partial charge is 0.0261 e. The Labute approximate surface area is 234 Å². The molecule has 4 aromatic rings. The summed E-state index contributed by atoms with van der Waals surface area (Å²) >= 11 is 15.3. The van der Waals surface area contributed by atoms with Gasteiger partial charge >= 0.3 is 0 Å². The summed E-state index contributed by atoms with van der Waals surface area (Å²) in [5.74, 6) is 0.434. The fraction of sp³-hybridized carbons (Fsp3) is 0.0667. The second-order valence-corrected chi connectivity index (χ2v) is 11.7. The van der Waals surface area contributed by atoms with Crippen molar-refractivity contribution in [2.45, 2.75) is 12.3 Å². The molecule has 0 nitrogen and oxygen atoms in total. The van der Waals surface area contributed by atoms with Gasteiger partial charge in [-0.15, -0.1) is 0 Å². The van der Waals surface area contributed by atoms with E-state index in [4.69, 9.17) is 0 Å². The fourth-order valence-corrected chi connectivity index (χ4v) is 6.63. The molecule has 0 spiro atoms. The number of halogens is 4. The van der Waals surface area contributed by atoms with Crippen LogP contribution in [0.5, 0.6) is 0 Å². The predicted octanol–water partition coefficient (Wildman–Crippen LogP) is 11.3. The van der Waals surface area contributed by atoms with E-state index in [0.29, 0.717) is 5.92 Å². The maximum Gasteiger partial charge on any atom is 0.0261 e. The van der Waals surface area contributed by atoms with E-state index >= 15 is 0 Å². The minimum Gasteiger partial charge on any atom is -0.0836 e. The molecule has 0 saturated carbocycles. The van der Waals surface area contributed by atoms with Crippen LogP contribution in [0, 0.1) is 0 Å². The van der Waals surface area contributed by atoms with Crippen molar-refractivity contribution in [3.05, 3.63) is 127 Å². The quantitative estimate of drug-likeness (QED) is 0.199. The third-order valence-corrected chi connectivity index (χ3v) is 8.74. The number of allylic oxidation sites excluding steroid dienone is 4. The average molecular weight is 700 g/mol. The Morgan fingerprint density at radius 3 is 1.74 bits per heavy atom. The highest BCUT2D eigenvalue weighted by Crippen LogP contribution is 2.43. The van der Waals surface area contributed by atoms with Gasteiger partial charge in [0.25, 0.3) is 0 Å². The lowest BCUT2D eigenvalue weighted by molar-refractivity contribution is 0.853. The highest BCUT2D eigenvalue weighted by molar-refractivity contribution is 9.11. The molecule has 168 valence electrons. The first kappa shape index (κ1) is 24.0. The van der Waals surface area contributed by atoms with Crippen LogP contribution in [0.1, 0.15) is 17.9 Å². The minimum atomic E-state index is 0.434. The second kappa shape index (κ2) is 10.5. The Hall–Kier alpha value is -1.72. The largest absolute Gasteiger partial charge is 0.0836 e. The topological polar surface area (TPSA) is 0 Å². The van der Waals surface area contributed by atoms with E-state index in [1.54, 1.807) is 0 Å². The van der Waals surface area contributed by atoms with Gasteiger partial charge < -0.3 is 0 Å². The Morgan fingerprint density at radius 1 is 0.529 bits per heavy atom. The van der Waals surface area contributed by atoms with Gasteiger partial charge in [-0.2, -0.15) is 0 Å². The molecule has 0 radical (unpaired) electrons. The highest BCUT2D eigenvalue weighted by atomic mass is 79.9. The molecule has 0 fully saturated rings. The molecule has 0 aliphatic heterocycles. The molecule has 1 unspecified atom stereocenters. The van der Waals surface area contributed by atoms with Crippen molar-refractivity contribution in [2.75, 3.05) is 0 Å². The molecule has 0 N–H and O–H groups in total. The van der Waals surface area contributed by atoms with Gasteiger partial charge in [0.15, 0.2) is 0 Å². The Balaban J connectivity index is 1.49. The SMILES string of the molecule is Brc1cc(-c2ccccc2)ccc1-c1cc(Br)c(-c2ccc(C3C=CC=CC3)cc2Br)cc1Br. The molecule has 1 atom stereocenters. The van der Waals surface area contributed by atoms with Gasteiger partial charge in [-0.1, -0.05) is 143 Å². The van der Waals surface area contributed by atoms with E-state index in [9.17, 15) is 0 Å². The van der Waals surface area contributed by atoms with Gasteiger partial charge in [0.05, 0.1) is 0 Å². The molecule has 0 saturated heterocycles. The maximum atomic E-state index is 3.84. The van der Waals surface area contributed by atoms with Crippen molar-refractivity contribution in [3.63, 3.8) is 0 Å². The third kappa shape index (κ3) is 4.97. The van der Waals surface area contributed by atoms with E-state index in [2.05, 4.69) is 161 Å². The van der Waals surface area contributed by atoms with Crippen molar-refractivity contribution in [1.29, 1.82) is 0 Å². The molecule has 1 aliphatic rings. The zero-order chi connectivity index (χ0) is 23.7. The molecular weight excluding hydrogens is 680 g/mol. The van der Waals surface area contributed by atoms with Crippen LogP contribution in [0.25, 0.3) is 33.4 Å². The van der Waals surface area contributed by atoms with Crippen molar-refractivity contribution >= 4 is 63.7 Å². The van der Waals surface area contributed by atoms with E-state index < -0.39 is 0 Å². The Morgan fingerprint density at radius 2 is 1.15 bits per heavy atom. The summed E-state index contributed by atoms with van der Waals surface area (Å²) in [4.78, 5) is 0. The van der Waals surface area contributed by atoms with E-state index in [-0.39, 0.29) is 0 Å². The molecule has 34 heavy (non-hydrogen) atoms. The number of hydrogen-bond acceptors (Lipinski definition) is 0. The number of benzene rings is 4. The van der Waals surface area contributed by atoms with Gasteiger partial charge in [0.1, 0.15) is 0 Å². The molecule has 1 aliphatic carbocycles. The maximum absolute atomic E-state index is 3.84. The lowest BCUT2D eigenvalue weighted by Crippen LogP contribution is -1.97. The summed E-state index contributed by atoms with van der Waals surface area (Å²) in [5, 5.41) is 0. The van der Waals surface area contributed by atoms with Crippen LogP contribution < -0.4 is 0 Å². The summed E-state index contributed by atoms with van der Waals surface area (Å²) < 4.78 is 4.27. The van der Waals surface area contributed by atoms with Crippen molar-refractivity contribution in [1.82, 2.24) is 0 Å². The Kier molecular flexibility index (Phi) is 7.41. The molecule has 0 heterocycles. The molecule has 4 aromatic carbocycles. The molecule has 0 amide bonds. The first-order chi connectivity index (χ1) is 16.5. The highest BCUT2D eigenvalue weighted by Gasteiger charge is 2.16. The average Bonchev–Trinajstić information content (AvgIpc) is 2.86.